The number of carbonyl (C=O) groups is 1. The van der Waals surface area contributed by atoms with Crippen LogP contribution < -0.4 is 10.6 Å². The maximum atomic E-state index is 12.0. The van der Waals surface area contributed by atoms with Gasteiger partial charge < -0.3 is 15.7 Å². The van der Waals surface area contributed by atoms with E-state index in [0.29, 0.717) is 23.7 Å². The van der Waals surface area contributed by atoms with Crippen LogP contribution in [-0.2, 0) is 13.0 Å². The minimum absolute atomic E-state index is 0.299. The molecule has 0 aliphatic heterocycles. The van der Waals surface area contributed by atoms with Gasteiger partial charge in [0.2, 0.25) is 0 Å². The van der Waals surface area contributed by atoms with Gasteiger partial charge >= 0.3 is 6.03 Å². The summed E-state index contributed by atoms with van der Waals surface area (Å²) in [4.78, 5) is 16.1. The van der Waals surface area contributed by atoms with E-state index in [9.17, 15) is 9.90 Å². The molecule has 0 unspecified atom stereocenters. The number of aliphatic hydroxyl groups is 1. The number of rotatable bonds is 3. The maximum Gasteiger partial charge on any atom is 0.315 e. The zero-order valence-electron chi connectivity index (χ0n) is 11.8. The van der Waals surface area contributed by atoms with E-state index in [1.165, 1.54) is 6.20 Å². The number of carbonyl (C=O) groups excluding carboxylic acids is 1. The zero-order valence-corrected chi connectivity index (χ0v) is 12.5. The highest BCUT2D eigenvalue weighted by molar-refractivity contribution is 6.30. The number of fused-ring (bicyclic) bond motifs is 1. The zero-order chi connectivity index (χ0) is 15.5. The Hall–Kier alpha value is -2.11. The van der Waals surface area contributed by atoms with Crippen LogP contribution in [-0.4, -0.2) is 22.2 Å². The van der Waals surface area contributed by atoms with Gasteiger partial charge in [-0.2, -0.15) is 0 Å². The van der Waals surface area contributed by atoms with Crippen molar-refractivity contribution in [2.45, 2.75) is 25.1 Å². The van der Waals surface area contributed by atoms with Crippen LogP contribution in [0.5, 0.6) is 0 Å². The van der Waals surface area contributed by atoms with Crippen molar-refractivity contribution in [1.29, 1.82) is 0 Å². The number of urea groups is 1. The van der Waals surface area contributed by atoms with Crippen molar-refractivity contribution in [2.75, 3.05) is 0 Å². The lowest BCUT2D eigenvalue weighted by atomic mass is 10.1. The van der Waals surface area contributed by atoms with E-state index in [4.69, 9.17) is 11.6 Å². The highest BCUT2D eigenvalue weighted by Gasteiger charge is 2.31. The van der Waals surface area contributed by atoms with Crippen molar-refractivity contribution in [1.82, 2.24) is 15.6 Å². The van der Waals surface area contributed by atoms with Gasteiger partial charge in [-0.3, -0.25) is 4.98 Å². The van der Waals surface area contributed by atoms with Crippen LogP contribution in [0.15, 0.2) is 42.6 Å². The molecule has 1 aromatic heterocycles. The molecule has 114 valence electrons. The molecule has 5 nitrogen and oxygen atoms in total. The molecule has 6 heteroatoms. The van der Waals surface area contributed by atoms with E-state index in [2.05, 4.69) is 15.6 Å². The second-order valence-corrected chi connectivity index (χ2v) is 5.68. The Morgan fingerprint density at radius 2 is 2.14 bits per heavy atom. The third-order valence-corrected chi connectivity index (χ3v) is 3.93. The summed E-state index contributed by atoms with van der Waals surface area (Å²) >= 11 is 5.76. The van der Waals surface area contributed by atoms with Crippen molar-refractivity contribution in [2.24, 2.45) is 0 Å². The molecule has 1 aromatic carbocycles. The first-order valence-corrected chi connectivity index (χ1v) is 7.42. The lowest BCUT2D eigenvalue weighted by molar-refractivity contribution is 0.142. The molecule has 0 fully saturated rings. The topological polar surface area (TPSA) is 74.2 Å². The Labute approximate surface area is 133 Å². The molecule has 3 rings (SSSR count). The van der Waals surface area contributed by atoms with Crippen LogP contribution in [0.25, 0.3) is 0 Å². The number of aliphatic hydroxyl groups excluding tert-OH is 1. The van der Waals surface area contributed by atoms with Gasteiger partial charge in [0.25, 0.3) is 0 Å². The number of benzene rings is 1. The largest absolute Gasteiger partial charge is 0.390 e. The van der Waals surface area contributed by atoms with Crippen molar-refractivity contribution in [3.8, 4) is 0 Å². The van der Waals surface area contributed by atoms with Gasteiger partial charge in [-0.25, -0.2) is 4.79 Å². The Kier molecular flexibility index (Phi) is 4.27. The Bertz CT molecular complexity index is 675. The van der Waals surface area contributed by atoms with E-state index in [1.54, 1.807) is 12.1 Å². The maximum absolute atomic E-state index is 12.0. The summed E-state index contributed by atoms with van der Waals surface area (Å²) in [7, 11) is 0. The number of aromatic nitrogens is 1. The van der Waals surface area contributed by atoms with Crippen LogP contribution in [0.1, 0.15) is 22.9 Å². The van der Waals surface area contributed by atoms with Gasteiger partial charge in [-0.05, 0) is 23.3 Å². The van der Waals surface area contributed by atoms with Crippen molar-refractivity contribution < 1.29 is 9.90 Å². The van der Waals surface area contributed by atoms with Gasteiger partial charge in [0.1, 0.15) is 0 Å². The normalized spacial score (nSPS) is 19.5. The molecular weight excluding hydrogens is 302 g/mol. The summed E-state index contributed by atoms with van der Waals surface area (Å²) in [6, 6.07) is 10.5. The van der Waals surface area contributed by atoms with Gasteiger partial charge in [0.05, 0.1) is 29.4 Å². The Morgan fingerprint density at radius 1 is 1.32 bits per heavy atom. The number of amides is 2. The number of hydrogen-bond donors (Lipinski definition) is 3. The number of halogens is 1. The number of nitrogens with zero attached hydrogens (tertiary/aromatic N) is 1. The third-order valence-electron chi connectivity index (χ3n) is 3.71. The highest BCUT2D eigenvalue weighted by Crippen LogP contribution is 2.30. The molecule has 3 N–H and O–H groups in total. The molecule has 1 aliphatic rings. The summed E-state index contributed by atoms with van der Waals surface area (Å²) in [6.07, 6.45) is 1.49. The van der Waals surface area contributed by atoms with Crippen LogP contribution in [0.2, 0.25) is 5.02 Å². The molecule has 0 saturated carbocycles. The molecule has 1 heterocycles. The molecule has 22 heavy (non-hydrogen) atoms. The molecular formula is C16H16ClN3O2. The summed E-state index contributed by atoms with van der Waals surface area (Å²) in [6.45, 7) is 0.299. The first-order valence-electron chi connectivity index (χ1n) is 7.04. The lowest BCUT2D eigenvalue weighted by Crippen LogP contribution is -2.40. The summed E-state index contributed by atoms with van der Waals surface area (Å²) in [5, 5.41) is 16.2. The van der Waals surface area contributed by atoms with E-state index in [0.717, 1.165) is 11.1 Å². The predicted octanol–water partition coefficient (Wildman–Crippen LogP) is 2.19. The lowest BCUT2D eigenvalue weighted by Gasteiger charge is -2.18. The average Bonchev–Trinajstić information content (AvgIpc) is 2.83. The second kappa shape index (κ2) is 6.34. The van der Waals surface area contributed by atoms with E-state index in [-0.39, 0.29) is 12.1 Å². The van der Waals surface area contributed by atoms with Crippen LogP contribution in [0.4, 0.5) is 4.79 Å². The second-order valence-electron chi connectivity index (χ2n) is 5.24. The first kappa shape index (κ1) is 14.8. The highest BCUT2D eigenvalue weighted by atomic mass is 35.5. The van der Waals surface area contributed by atoms with Gasteiger partial charge in [0, 0.05) is 12.6 Å². The quantitative estimate of drug-likeness (QED) is 0.812. The van der Waals surface area contributed by atoms with E-state index in [1.807, 2.05) is 24.3 Å². The van der Waals surface area contributed by atoms with E-state index >= 15 is 0 Å². The fourth-order valence-electron chi connectivity index (χ4n) is 2.62. The van der Waals surface area contributed by atoms with Crippen LogP contribution >= 0.6 is 11.6 Å². The van der Waals surface area contributed by atoms with Gasteiger partial charge in [0.15, 0.2) is 0 Å². The van der Waals surface area contributed by atoms with Crippen molar-refractivity contribution in [3.63, 3.8) is 0 Å². The first-order chi connectivity index (χ1) is 10.6. The minimum Gasteiger partial charge on any atom is -0.390 e. The summed E-state index contributed by atoms with van der Waals surface area (Å²) in [5.74, 6) is 0. The predicted molar refractivity (Wildman–Crippen MR) is 83.5 cm³/mol. The van der Waals surface area contributed by atoms with Crippen molar-refractivity contribution in [3.05, 3.63) is 64.4 Å². The molecule has 2 amide bonds. The smallest absolute Gasteiger partial charge is 0.315 e. The molecule has 1 aliphatic carbocycles. The summed E-state index contributed by atoms with van der Waals surface area (Å²) < 4.78 is 0. The molecule has 0 spiro atoms. The SMILES string of the molecule is O=C(NCc1ccc(Cl)cn1)N[C@@H]1c2ccccc2C[C@@H]1O. The average molecular weight is 318 g/mol. The molecule has 2 aromatic rings. The number of hydrogen-bond acceptors (Lipinski definition) is 3. The monoisotopic (exact) mass is 317 g/mol. The molecule has 0 radical (unpaired) electrons. The third kappa shape index (κ3) is 3.21. The number of nitrogens with one attached hydrogen (secondary N) is 2. The van der Waals surface area contributed by atoms with Crippen LogP contribution in [0.3, 0.4) is 0 Å². The van der Waals surface area contributed by atoms with Gasteiger partial charge in [-0.15, -0.1) is 0 Å². The Morgan fingerprint density at radius 3 is 2.91 bits per heavy atom. The standard InChI is InChI=1S/C16H16ClN3O2/c17-11-5-6-12(18-8-11)9-19-16(22)20-15-13-4-2-1-3-10(13)7-14(15)21/h1-6,8,14-15,21H,7,9H2,(H2,19,20,22)/t14-,15+/m0/s1. The number of pyridine rings is 1. The minimum atomic E-state index is -0.600. The van der Waals surface area contributed by atoms with Crippen LogP contribution in [0, 0.1) is 0 Å². The fourth-order valence-corrected chi connectivity index (χ4v) is 2.73. The van der Waals surface area contributed by atoms with Gasteiger partial charge in [-0.1, -0.05) is 35.9 Å². The summed E-state index contributed by atoms with van der Waals surface area (Å²) in [5.41, 5.74) is 2.75. The molecule has 0 bridgehead atoms. The van der Waals surface area contributed by atoms with Crippen molar-refractivity contribution >= 4 is 17.6 Å². The molecule has 0 saturated heterocycles. The molecule has 2 atom stereocenters. The van der Waals surface area contributed by atoms with E-state index < -0.39 is 6.10 Å². The Balaban J connectivity index is 1.59. The fraction of sp³-hybridized carbons (Fsp3) is 0.250.